The van der Waals surface area contributed by atoms with E-state index >= 15 is 0 Å². The molecule has 1 amide bonds. The second-order valence-corrected chi connectivity index (χ2v) is 8.52. The molecule has 4 rings (SSSR count). The van der Waals surface area contributed by atoms with Crippen molar-refractivity contribution in [2.24, 2.45) is 0 Å². The molecule has 0 atom stereocenters. The molecule has 8 nitrogen and oxygen atoms in total. The summed E-state index contributed by atoms with van der Waals surface area (Å²) in [5.74, 6) is 0.802. The van der Waals surface area contributed by atoms with Gasteiger partial charge in [0, 0.05) is 38.3 Å². The quantitative estimate of drug-likeness (QED) is 0.757. The molecule has 0 bridgehead atoms. The van der Waals surface area contributed by atoms with Crippen LogP contribution in [0, 0.1) is 6.92 Å². The third kappa shape index (κ3) is 4.01. The summed E-state index contributed by atoms with van der Waals surface area (Å²) in [5.41, 5.74) is 0.941. The van der Waals surface area contributed by atoms with E-state index in [2.05, 4.69) is 24.6 Å². The fourth-order valence-electron chi connectivity index (χ4n) is 4.25. The van der Waals surface area contributed by atoms with Crippen molar-refractivity contribution in [1.82, 2.24) is 24.1 Å². The molecule has 10 heteroatoms. The Morgan fingerprint density at radius 1 is 1.18 bits per heavy atom. The van der Waals surface area contributed by atoms with Crippen molar-refractivity contribution in [1.29, 1.82) is 0 Å². The maximum atomic E-state index is 11.6. The SMILES string of the molecule is COC(=O)N1CCN([C@H]2CC[C@H](Nc3nc(Cl)nc4snc(C)c34)CC2)CC1. The zero-order valence-electron chi connectivity index (χ0n) is 16.2. The molecule has 28 heavy (non-hydrogen) atoms. The maximum Gasteiger partial charge on any atom is 0.409 e. The van der Waals surface area contributed by atoms with Gasteiger partial charge in [-0.15, -0.1) is 0 Å². The number of aryl methyl sites for hydroxylation is 1. The number of anilines is 1. The number of rotatable bonds is 3. The number of ether oxygens (including phenoxy) is 1. The van der Waals surface area contributed by atoms with Gasteiger partial charge in [-0.1, -0.05) is 0 Å². The highest BCUT2D eigenvalue weighted by Crippen LogP contribution is 2.31. The third-order valence-electron chi connectivity index (χ3n) is 5.78. The van der Waals surface area contributed by atoms with E-state index in [1.54, 1.807) is 4.90 Å². The van der Waals surface area contributed by atoms with E-state index < -0.39 is 0 Å². The molecule has 3 heterocycles. The van der Waals surface area contributed by atoms with Gasteiger partial charge in [0.1, 0.15) is 5.82 Å². The number of carbonyl (C=O) groups is 1. The van der Waals surface area contributed by atoms with Crippen molar-refractivity contribution in [3.8, 4) is 0 Å². The van der Waals surface area contributed by atoms with Gasteiger partial charge >= 0.3 is 6.09 Å². The smallest absolute Gasteiger partial charge is 0.409 e. The topological polar surface area (TPSA) is 83.5 Å². The number of piperazine rings is 1. The van der Waals surface area contributed by atoms with Gasteiger partial charge in [0.05, 0.1) is 18.2 Å². The Labute approximate surface area is 173 Å². The van der Waals surface area contributed by atoms with Gasteiger partial charge in [-0.25, -0.2) is 14.8 Å². The number of carbonyl (C=O) groups excluding carboxylic acids is 1. The number of nitrogens with zero attached hydrogens (tertiary/aromatic N) is 5. The van der Waals surface area contributed by atoms with Crippen LogP contribution < -0.4 is 5.32 Å². The molecule has 2 aromatic rings. The molecule has 2 aliphatic rings. The van der Waals surface area contributed by atoms with Crippen LogP contribution in [0.3, 0.4) is 0 Å². The number of methoxy groups -OCH3 is 1. The summed E-state index contributed by atoms with van der Waals surface area (Å²) in [4.78, 5) is 25.5. The second kappa shape index (κ2) is 8.34. The lowest BCUT2D eigenvalue weighted by molar-refractivity contribution is 0.0642. The predicted octanol–water partition coefficient (Wildman–Crippen LogP) is 3.16. The van der Waals surface area contributed by atoms with Crippen LogP contribution in [0.2, 0.25) is 5.28 Å². The Hall–Kier alpha value is -1.71. The van der Waals surface area contributed by atoms with Gasteiger partial charge in [-0.05, 0) is 55.7 Å². The first-order valence-corrected chi connectivity index (χ1v) is 10.8. The normalized spacial score (nSPS) is 23.8. The number of nitrogens with one attached hydrogen (secondary N) is 1. The molecule has 1 saturated carbocycles. The van der Waals surface area contributed by atoms with Crippen LogP contribution in [0.15, 0.2) is 0 Å². The highest BCUT2D eigenvalue weighted by Gasteiger charge is 2.30. The van der Waals surface area contributed by atoms with Gasteiger partial charge in [-0.2, -0.15) is 4.37 Å². The predicted molar refractivity (Wildman–Crippen MR) is 110 cm³/mol. The average Bonchev–Trinajstić information content (AvgIpc) is 3.08. The second-order valence-electron chi connectivity index (χ2n) is 7.43. The van der Waals surface area contributed by atoms with E-state index in [1.807, 2.05) is 6.92 Å². The Bertz CT molecular complexity index is 846. The van der Waals surface area contributed by atoms with Crippen molar-refractivity contribution in [2.45, 2.75) is 44.7 Å². The van der Waals surface area contributed by atoms with E-state index in [0.717, 1.165) is 73.6 Å². The highest BCUT2D eigenvalue weighted by atomic mass is 35.5. The largest absolute Gasteiger partial charge is 0.453 e. The van der Waals surface area contributed by atoms with Gasteiger partial charge in [0.25, 0.3) is 0 Å². The van der Waals surface area contributed by atoms with E-state index in [9.17, 15) is 4.79 Å². The van der Waals surface area contributed by atoms with Crippen molar-refractivity contribution in [2.75, 3.05) is 38.6 Å². The maximum absolute atomic E-state index is 11.6. The lowest BCUT2D eigenvalue weighted by atomic mass is 9.89. The fraction of sp³-hybridized carbons (Fsp3) is 0.667. The van der Waals surface area contributed by atoms with Crippen molar-refractivity contribution >= 4 is 45.3 Å². The minimum atomic E-state index is -0.222. The number of fused-ring (bicyclic) bond motifs is 1. The Kier molecular flexibility index (Phi) is 5.84. The average molecular weight is 425 g/mol. The summed E-state index contributed by atoms with van der Waals surface area (Å²) in [6.07, 6.45) is 4.22. The van der Waals surface area contributed by atoms with Gasteiger partial charge < -0.3 is 15.0 Å². The summed E-state index contributed by atoms with van der Waals surface area (Å²) in [7, 11) is 1.44. The molecule has 2 aromatic heterocycles. The van der Waals surface area contributed by atoms with Crippen LogP contribution in [-0.4, -0.2) is 75.6 Å². The van der Waals surface area contributed by atoms with Crippen molar-refractivity contribution in [3.63, 3.8) is 0 Å². The number of aromatic nitrogens is 3. The van der Waals surface area contributed by atoms with Gasteiger partial charge in [0.15, 0.2) is 4.83 Å². The van der Waals surface area contributed by atoms with Crippen LogP contribution >= 0.6 is 23.1 Å². The Balaban J connectivity index is 1.33. The summed E-state index contributed by atoms with van der Waals surface area (Å²) >= 11 is 7.45. The standard InChI is InChI=1S/C18H25ClN6O2S/c1-11-14-15(21-17(19)22-16(14)28-23-11)20-12-3-5-13(6-4-12)24-7-9-25(10-8-24)18(26)27-2/h12-13H,3-10H2,1-2H3,(H,20,21,22)/t12-,13-. The zero-order chi connectivity index (χ0) is 19.7. The zero-order valence-corrected chi connectivity index (χ0v) is 17.7. The minimum absolute atomic E-state index is 0.222. The lowest BCUT2D eigenvalue weighted by Gasteiger charge is -2.41. The molecule has 1 N–H and O–H groups in total. The van der Waals surface area contributed by atoms with E-state index in [4.69, 9.17) is 16.3 Å². The monoisotopic (exact) mass is 424 g/mol. The molecule has 0 spiro atoms. The molecular formula is C18H25ClN6O2S. The van der Waals surface area contributed by atoms with E-state index in [1.165, 1.54) is 18.6 Å². The van der Waals surface area contributed by atoms with Crippen LogP contribution in [-0.2, 0) is 4.74 Å². The van der Waals surface area contributed by atoms with Gasteiger partial charge in [-0.3, -0.25) is 4.90 Å². The van der Waals surface area contributed by atoms with Gasteiger partial charge in [0.2, 0.25) is 5.28 Å². The molecule has 1 saturated heterocycles. The number of amides is 1. The Morgan fingerprint density at radius 3 is 2.57 bits per heavy atom. The summed E-state index contributed by atoms with van der Waals surface area (Å²) in [6, 6.07) is 0.956. The molecule has 0 unspecified atom stereocenters. The third-order valence-corrected chi connectivity index (χ3v) is 6.78. The molecule has 0 aromatic carbocycles. The van der Waals surface area contributed by atoms with Crippen LogP contribution in [0.4, 0.5) is 10.6 Å². The first-order valence-electron chi connectivity index (χ1n) is 9.68. The van der Waals surface area contributed by atoms with E-state index in [0.29, 0.717) is 12.1 Å². The number of halogens is 1. The van der Waals surface area contributed by atoms with E-state index in [-0.39, 0.29) is 11.4 Å². The van der Waals surface area contributed by atoms with Crippen LogP contribution in [0.5, 0.6) is 0 Å². The number of hydrogen-bond acceptors (Lipinski definition) is 8. The highest BCUT2D eigenvalue weighted by molar-refractivity contribution is 7.13. The number of hydrogen-bond donors (Lipinski definition) is 1. The lowest BCUT2D eigenvalue weighted by Crippen LogP contribution is -2.53. The van der Waals surface area contributed by atoms with Crippen molar-refractivity contribution < 1.29 is 9.53 Å². The molecular weight excluding hydrogens is 400 g/mol. The van der Waals surface area contributed by atoms with Crippen LogP contribution in [0.25, 0.3) is 10.2 Å². The summed E-state index contributed by atoms with van der Waals surface area (Å²) in [5, 5.41) is 4.83. The molecule has 1 aliphatic heterocycles. The molecule has 1 aliphatic carbocycles. The molecule has 152 valence electrons. The van der Waals surface area contributed by atoms with Crippen molar-refractivity contribution in [3.05, 3.63) is 11.0 Å². The summed E-state index contributed by atoms with van der Waals surface area (Å²) < 4.78 is 9.20. The Morgan fingerprint density at radius 2 is 1.89 bits per heavy atom. The first-order chi connectivity index (χ1) is 13.5. The van der Waals surface area contributed by atoms with Crippen LogP contribution in [0.1, 0.15) is 31.4 Å². The summed E-state index contributed by atoms with van der Waals surface area (Å²) in [6.45, 7) is 5.30. The fourth-order valence-corrected chi connectivity index (χ4v) is 5.24. The molecule has 0 radical (unpaired) electrons. The minimum Gasteiger partial charge on any atom is -0.453 e. The molecule has 2 fully saturated rings. The first kappa shape index (κ1) is 19.6.